The van der Waals surface area contributed by atoms with Gasteiger partial charge in [-0.05, 0) is 29.8 Å². The highest BCUT2D eigenvalue weighted by Crippen LogP contribution is 2.36. The third kappa shape index (κ3) is 2.08. The summed E-state index contributed by atoms with van der Waals surface area (Å²) in [5.41, 5.74) is 3.20. The van der Waals surface area contributed by atoms with E-state index in [0.29, 0.717) is 0 Å². The summed E-state index contributed by atoms with van der Waals surface area (Å²) in [6.45, 7) is 0.944. The fraction of sp³-hybridized carbons (Fsp3) is 0.250. The minimum absolute atomic E-state index is 0.0515. The van der Waals surface area contributed by atoms with E-state index in [-0.39, 0.29) is 17.5 Å². The van der Waals surface area contributed by atoms with E-state index in [1.54, 1.807) is 19.2 Å². The summed E-state index contributed by atoms with van der Waals surface area (Å²) in [5.74, 6) is 0.720. The number of phenols is 2. The van der Waals surface area contributed by atoms with Gasteiger partial charge in [-0.15, -0.1) is 0 Å². The monoisotopic (exact) mass is 272 g/mol. The highest BCUT2D eigenvalue weighted by Gasteiger charge is 2.28. The molecule has 0 unspecified atom stereocenters. The highest BCUT2D eigenvalue weighted by atomic mass is 16.5. The number of methoxy groups -OCH3 is 1. The molecule has 1 atom stereocenters. The summed E-state index contributed by atoms with van der Waals surface area (Å²) in [4.78, 5) is 0. The molecule has 0 saturated heterocycles. The van der Waals surface area contributed by atoms with Gasteiger partial charge >= 0.3 is 0 Å². The first-order chi connectivity index (χ1) is 9.70. The molecule has 3 rings (SSSR count). The molecule has 0 bridgehead atoms. The molecule has 4 heteroatoms. The van der Waals surface area contributed by atoms with Gasteiger partial charge in [0.05, 0.1) is 19.2 Å². The third-order valence-electron chi connectivity index (χ3n) is 3.86. The van der Waals surface area contributed by atoms with Crippen molar-refractivity contribution in [3.63, 3.8) is 0 Å². The number of hydrogen-bond donors (Lipinski definition) is 3. The maximum Gasteiger partial charge on any atom is 0.157 e. The second kappa shape index (κ2) is 5.06. The maximum absolute atomic E-state index is 9.77. The van der Waals surface area contributed by atoms with Crippen molar-refractivity contribution in [2.24, 2.45) is 0 Å². The summed E-state index contributed by atoms with van der Waals surface area (Å²) in [6.07, 6.45) is 0.884. The topological polar surface area (TPSA) is 66.3 Å². The predicted molar refractivity (Wildman–Crippen MR) is 75.1 cm³/mol. The van der Waals surface area contributed by atoms with Gasteiger partial charge < -0.3 is 20.3 Å². The van der Waals surface area contributed by atoms with Crippen LogP contribution < -0.4 is 10.1 Å². The van der Waals surface area contributed by atoms with Crippen molar-refractivity contribution < 1.29 is 20.3 Å². The van der Waals surface area contributed by atoms with Gasteiger partial charge in [0.2, 0.25) is 0 Å². The van der Waals surface area contributed by atoms with Gasteiger partial charge in [0.1, 0.15) is 11.8 Å². The number of rotatable bonds is 2. The largest absolute Gasteiger partial charge is 0.504 e. The number of phenolic OH excluding ortho intramolecular Hbond substituents is 2. The first kappa shape index (κ1) is 12.8. The van der Waals surface area contributed by atoms with Crippen LogP contribution in [-0.4, -0.2) is 23.9 Å². The molecule has 1 aliphatic rings. The highest BCUT2D eigenvalue weighted by molar-refractivity contribution is 5.50. The summed E-state index contributed by atoms with van der Waals surface area (Å²) in [5, 5.41) is 21.7. The van der Waals surface area contributed by atoms with Crippen LogP contribution in [0.15, 0.2) is 36.4 Å². The average molecular weight is 272 g/mol. The van der Waals surface area contributed by atoms with Gasteiger partial charge in [-0.2, -0.15) is 0 Å². The Morgan fingerprint density at radius 1 is 1.10 bits per heavy atom. The molecule has 0 radical (unpaired) electrons. The minimum Gasteiger partial charge on any atom is -0.504 e. The van der Waals surface area contributed by atoms with Crippen LogP contribution in [0, 0.1) is 0 Å². The van der Waals surface area contributed by atoms with Gasteiger partial charge in [0.15, 0.2) is 11.5 Å². The summed E-state index contributed by atoms with van der Waals surface area (Å²) >= 11 is 0. The van der Waals surface area contributed by atoms with E-state index >= 15 is 0 Å². The molecule has 4 nitrogen and oxygen atoms in total. The molecule has 0 spiro atoms. The van der Waals surface area contributed by atoms with Crippen LogP contribution in [0.25, 0.3) is 0 Å². The summed E-state index contributed by atoms with van der Waals surface area (Å²) in [6, 6.07) is 11.3. The number of para-hydroxylation sites is 1. The lowest BCUT2D eigenvalue weighted by Gasteiger charge is -2.25. The third-order valence-corrected chi connectivity index (χ3v) is 3.86. The molecule has 0 saturated carbocycles. The second-order valence-corrected chi connectivity index (χ2v) is 5.03. The molecule has 0 fully saturated rings. The van der Waals surface area contributed by atoms with Gasteiger partial charge in [-0.1, -0.05) is 12.1 Å². The number of nitrogens with two attached hydrogens (primary N) is 1. The van der Waals surface area contributed by atoms with E-state index in [4.69, 9.17) is 4.74 Å². The molecule has 2 aromatic carbocycles. The van der Waals surface area contributed by atoms with E-state index in [1.165, 1.54) is 0 Å². The van der Waals surface area contributed by atoms with Crippen LogP contribution in [0.5, 0.6) is 17.2 Å². The van der Waals surface area contributed by atoms with Crippen molar-refractivity contribution in [2.75, 3.05) is 13.7 Å². The van der Waals surface area contributed by atoms with Crippen molar-refractivity contribution in [3.8, 4) is 17.2 Å². The molecule has 1 heterocycles. The molecule has 2 aromatic rings. The van der Waals surface area contributed by atoms with Gasteiger partial charge in [-0.3, -0.25) is 0 Å². The van der Waals surface area contributed by atoms with Crippen molar-refractivity contribution in [2.45, 2.75) is 12.5 Å². The zero-order chi connectivity index (χ0) is 14.1. The fourth-order valence-corrected chi connectivity index (χ4v) is 2.89. The van der Waals surface area contributed by atoms with Crippen LogP contribution in [0.4, 0.5) is 0 Å². The number of fused-ring (bicyclic) bond motifs is 1. The maximum atomic E-state index is 9.77. The van der Waals surface area contributed by atoms with Crippen molar-refractivity contribution in [1.82, 2.24) is 0 Å². The molecular formula is C16H18NO3+. The SMILES string of the molecule is COc1ccccc1[C@@H]1[NH2+]CCc2cc(O)c(O)cc21. The van der Waals surface area contributed by atoms with Gasteiger partial charge in [0.25, 0.3) is 0 Å². The quantitative estimate of drug-likeness (QED) is 0.722. The molecule has 104 valence electrons. The number of ether oxygens (including phenoxy) is 1. The van der Waals surface area contributed by atoms with E-state index in [9.17, 15) is 10.2 Å². The van der Waals surface area contributed by atoms with Crippen molar-refractivity contribution >= 4 is 0 Å². The Morgan fingerprint density at radius 3 is 2.65 bits per heavy atom. The van der Waals surface area contributed by atoms with E-state index < -0.39 is 0 Å². The second-order valence-electron chi connectivity index (χ2n) is 5.03. The van der Waals surface area contributed by atoms with Crippen LogP contribution in [0.2, 0.25) is 0 Å². The smallest absolute Gasteiger partial charge is 0.157 e. The van der Waals surface area contributed by atoms with Crippen LogP contribution >= 0.6 is 0 Å². The number of hydrogen-bond acceptors (Lipinski definition) is 3. The number of aromatic hydroxyl groups is 2. The van der Waals surface area contributed by atoms with Crippen LogP contribution in [0.3, 0.4) is 0 Å². The Bertz CT molecular complexity index is 640. The van der Waals surface area contributed by atoms with E-state index in [0.717, 1.165) is 35.4 Å². The van der Waals surface area contributed by atoms with Crippen LogP contribution in [0.1, 0.15) is 22.7 Å². The Balaban J connectivity index is 2.12. The Morgan fingerprint density at radius 2 is 1.85 bits per heavy atom. The average Bonchev–Trinajstić information content (AvgIpc) is 2.48. The zero-order valence-corrected chi connectivity index (χ0v) is 11.3. The van der Waals surface area contributed by atoms with Crippen molar-refractivity contribution in [1.29, 1.82) is 0 Å². The zero-order valence-electron chi connectivity index (χ0n) is 11.3. The molecule has 20 heavy (non-hydrogen) atoms. The molecule has 0 aliphatic carbocycles. The fourth-order valence-electron chi connectivity index (χ4n) is 2.89. The predicted octanol–water partition coefficient (Wildman–Crippen LogP) is 1.32. The summed E-state index contributed by atoms with van der Waals surface area (Å²) in [7, 11) is 1.66. The lowest BCUT2D eigenvalue weighted by Crippen LogP contribution is -2.87. The normalized spacial score (nSPS) is 17.6. The lowest BCUT2D eigenvalue weighted by molar-refractivity contribution is -0.690. The molecule has 1 aliphatic heterocycles. The first-order valence-electron chi connectivity index (χ1n) is 6.71. The molecule has 0 aromatic heterocycles. The van der Waals surface area contributed by atoms with Gasteiger partial charge in [-0.25, -0.2) is 0 Å². The van der Waals surface area contributed by atoms with E-state index in [1.807, 2.05) is 24.3 Å². The Kier molecular flexibility index (Phi) is 3.24. The lowest BCUT2D eigenvalue weighted by atomic mass is 9.89. The Labute approximate surface area is 117 Å². The standard InChI is InChI=1S/C16H17NO3/c1-20-15-5-3-2-4-11(15)16-12-9-14(19)13(18)8-10(12)6-7-17-16/h2-5,8-9,16-19H,6-7H2,1H3/p+1/t16-/m0/s1. The molecule has 4 N–H and O–H groups in total. The Hall–Kier alpha value is -2.20. The first-order valence-corrected chi connectivity index (χ1v) is 6.71. The number of quaternary nitrogens is 1. The molecule has 0 amide bonds. The molecular weight excluding hydrogens is 254 g/mol. The van der Waals surface area contributed by atoms with Crippen LogP contribution in [-0.2, 0) is 6.42 Å². The number of benzene rings is 2. The van der Waals surface area contributed by atoms with Crippen molar-refractivity contribution in [3.05, 3.63) is 53.1 Å². The minimum atomic E-state index is -0.0704. The van der Waals surface area contributed by atoms with E-state index in [2.05, 4.69) is 5.32 Å². The van der Waals surface area contributed by atoms with Gasteiger partial charge in [0, 0.05) is 12.0 Å². The summed E-state index contributed by atoms with van der Waals surface area (Å²) < 4.78 is 5.44.